The van der Waals surface area contributed by atoms with Crippen LogP contribution in [0.3, 0.4) is 0 Å². The number of carbonyl (C=O) groups is 1. The molecule has 1 aromatic carbocycles. The van der Waals surface area contributed by atoms with Crippen molar-refractivity contribution in [1.82, 2.24) is 9.88 Å². The Labute approximate surface area is 118 Å². The van der Waals surface area contributed by atoms with Crippen molar-refractivity contribution in [3.63, 3.8) is 0 Å². The molecule has 0 aliphatic heterocycles. The lowest BCUT2D eigenvalue weighted by Gasteiger charge is -2.14. The highest BCUT2D eigenvalue weighted by Crippen LogP contribution is 2.12. The van der Waals surface area contributed by atoms with Crippen LogP contribution in [0.1, 0.15) is 25.8 Å². The van der Waals surface area contributed by atoms with Gasteiger partial charge in [0.05, 0.1) is 5.52 Å². The summed E-state index contributed by atoms with van der Waals surface area (Å²) in [5, 5.41) is 3.59. The van der Waals surface area contributed by atoms with Crippen LogP contribution >= 0.6 is 0 Å². The van der Waals surface area contributed by atoms with Crippen molar-refractivity contribution in [3.05, 3.63) is 46.2 Å². The number of hydrogen-bond donors (Lipinski definition) is 1. The third-order valence-electron chi connectivity index (χ3n) is 3.47. The minimum Gasteiger partial charge on any atom is -0.352 e. The van der Waals surface area contributed by atoms with E-state index >= 15 is 0 Å². The number of aromatic nitrogens is 1. The smallest absolute Gasteiger partial charge is 0.240 e. The molecule has 1 heterocycles. The first kappa shape index (κ1) is 14.3. The summed E-state index contributed by atoms with van der Waals surface area (Å²) in [7, 11) is 0. The molecule has 0 spiro atoms. The minimum atomic E-state index is -0.0372. The van der Waals surface area contributed by atoms with E-state index < -0.39 is 0 Å². The van der Waals surface area contributed by atoms with Gasteiger partial charge in [0.1, 0.15) is 6.54 Å². The number of carbonyl (C=O) groups excluding carboxylic acids is 1. The number of pyridine rings is 1. The number of rotatable bonds is 4. The van der Waals surface area contributed by atoms with Gasteiger partial charge in [-0.1, -0.05) is 18.6 Å². The molecule has 2 rings (SSSR count). The summed E-state index contributed by atoms with van der Waals surface area (Å²) in [6.45, 7) is 6.18. The Hall–Kier alpha value is -2.10. The summed E-state index contributed by atoms with van der Waals surface area (Å²) in [4.78, 5) is 23.8. The van der Waals surface area contributed by atoms with E-state index in [-0.39, 0.29) is 23.9 Å². The Morgan fingerprint density at radius 1 is 1.35 bits per heavy atom. The molecular weight excluding hydrogens is 252 g/mol. The topological polar surface area (TPSA) is 51.1 Å². The third-order valence-corrected chi connectivity index (χ3v) is 3.47. The molecule has 1 aromatic heterocycles. The fourth-order valence-corrected chi connectivity index (χ4v) is 2.14. The van der Waals surface area contributed by atoms with Crippen LogP contribution in [0.5, 0.6) is 0 Å². The zero-order valence-electron chi connectivity index (χ0n) is 12.1. The van der Waals surface area contributed by atoms with Crippen molar-refractivity contribution in [2.24, 2.45) is 0 Å². The molecule has 4 nitrogen and oxygen atoms in total. The summed E-state index contributed by atoms with van der Waals surface area (Å²) in [5.41, 5.74) is 1.82. The largest absolute Gasteiger partial charge is 0.352 e. The average molecular weight is 272 g/mol. The van der Waals surface area contributed by atoms with Gasteiger partial charge in [-0.05, 0) is 32.4 Å². The van der Waals surface area contributed by atoms with Crippen LogP contribution in [0, 0.1) is 6.92 Å². The van der Waals surface area contributed by atoms with E-state index in [0.717, 1.165) is 17.5 Å². The number of aryl methyl sites for hydroxylation is 1. The quantitative estimate of drug-likeness (QED) is 0.928. The molecule has 0 radical (unpaired) electrons. The molecule has 2 aromatic rings. The van der Waals surface area contributed by atoms with Gasteiger partial charge in [-0.15, -0.1) is 0 Å². The SMILES string of the molecule is CCC(C)NC(=O)Cn1ccc(=O)c2cc(C)ccc21. The first-order valence-electron chi connectivity index (χ1n) is 6.90. The van der Waals surface area contributed by atoms with E-state index in [0.29, 0.717) is 5.39 Å². The summed E-state index contributed by atoms with van der Waals surface area (Å²) in [6.07, 6.45) is 2.58. The molecule has 0 fully saturated rings. The maximum absolute atomic E-state index is 12.0. The Morgan fingerprint density at radius 3 is 2.80 bits per heavy atom. The van der Waals surface area contributed by atoms with Crippen LogP contribution in [-0.2, 0) is 11.3 Å². The number of amides is 1. The molecule has 0 bridgehead atoms. The first-order chi connectivity index (χ1) is 9.51. The lowest BCUT2D eigenvalue weighted by molar-refractivity contribution is -0.122. The highest BCUT2D eigenvalue weighted by molar-refractivity contribution is 5.82. The van der Waals surface area contributed by atoms with Crippen LogP contribution in [0.4, 0.5) is 0 Å². The fraction of sp³-hybridized carbons (Fsp3) is 0.375. The van der Waals surface area contributed by atoms with Crippen LogP contribution in [0.2, 0.25) is 0 Å². The van der Waals surface area contributed by atoms with Gasteiger partial charge in [-0.2, -0.15) is 0 Å². The molecule has 0 saturated carbocycles. The zero-order valence-corrected chi connectivity index (χ0v) is 12.1. The van der Waals surface area contributed by atoms with Crippen LogP contribution in [-0.4, -0.2) is 16.5 Å². The third kappa shape index (κ3) is 3.07. The predicted molar refractivity (Wildman–Crippen MR) is 80.8 cm³/mol. The van der Waals surface area contributed by atoms with E-state index in [1.54, 1.807) is 6.20 Å². The number of benzene rings is 1. The van der Waals surface area contributed by atoms with Crippen molar-refractivity contribution in [2.75, 3.05) is 0 Å². The number of nitrogens with one attached hydrogen (secondary N) is 1. The van der Waals surface area contributed by atoms with E-state index in [1.807, 2.05) is 43.5 Å². The monoisotopic (exact) mass is 272 g/mol. The normalized spacial score (nSPS) is 12.3. The zero-order chi connectivity index (χ0) is 14.7. The van der Waals surface area contributed by atoms with Gasteiger partial charge in [-0.3, -0.25) is 9.59 Å². The van der Waals surface area contributed by atoms with Gasteiger partial charge < -0.3 is 9.88 Å². The molecule has 1 amide bonds. The highest BCUT2D eigenvalue weighted by Gasteiger charge is 2.09. The Kier molecular flexibility index (Phi) is 4.23. The second-order valence-electron chi connectivity index (χ2n) is 5.21. The van der Waals surface area contributed by atoms with Crippen molar-refractivity contribution in [2.45, 2.75) is 39.8 Å². The Balaban J connectivity index is 2.34. The Bertz CT molecular complexity index is 688. The van der Waals surface area contributed by atoms with Gasteiger partial charge in [0, 0.05) is 23.7 Å². The summed E-state index contributed by atoms with van der Waals surface area (Å²) < 4.78 is 1.81. The molecule has 1 atom stereocenters. The maximum Gasteiger partial charge on any atom is 0.240 e. The molecular formula is C16H20N2O2. The van der Waals surface area contributed by atoms with Gasteiger partial charge in [-0.25, -0.2) is 0 Å². The average Bonchev–Trinajstić information content (AvgIpc) is 2.42. The molecule has 1 unspecified atom stereocenters. The lowest BCUT2D eigenvalue weighted by Crippen LogP contribution is -2.34. The van der Waals surface area contributed by atoms with Crippen molar-refractivity contribution in [1.29, 1.82) is 0 Å². The number of nitrogens with zero attached hydrogens (tertiary/aromatic N) is 1. The lowest BCUT2D eigenvalue weighted by atomic mass is 10.1. The van der Waals surface area contributed by atoms with Crippen molar-refractivity contribution >= 4 is 16.8 Å². The second-order valence-corrected chi connectivity index (χ2v) is 5.21. The fourth-order valence-electron chi connectivity index (χ4n) is 2.14. The van der Waals surface area contributed by atoms with Crippen molar-refractivity contribution in [3.8, 4) is 0 Å². The number of fused-ring (bicyclic) bond motifs is 1. The second kappa shape index (κ2) is 5.90. The van der Waals surface area contributed by atoms with Gasteiger partial charge >= 0.3 is 0 Å². The summed E-state index contributed by atoms with van der Waals surface area (Å²) in [5.74, 6) is -0.0372. The van der Waals surface area contributed by atoms with Crippen molar-refractivity contribution < 1.29 is 4.79 Å². The first-order valence-corrected chi connectivity index (χ1v) is 6.90. The molecule has 0 aliphatic rings. The van der Waals surface area contributed by atoms with Crippen LogP contribution in [0.25, 0.3) is 10.9 Å². The van der Waals surface area contributed by atoms with Crippen LogP contribution in [0.15, 0.2) is 35.3 Å². The van der Waals surface area contributed by atoms with Gasteiger partial charge in [0.2, 0.25) is 5.91 Å². The molecule has 20 heavy (non-hydrogen) atoms. The summed E-state index contributed by atoms with van der Waals surface area (Å²) >= 11 is 0. The molecule has 106 valence electrons. The van der Waals surface area contributed by atoms with E-state index in [4.69, 9.17) is 0 Å². The van der Waals surface area contributed by atoms with E-state index in [1.165, 1.54) is 6.07 Å². The molecule has 0 aliphatic carbocycles. The van der Waals surface area contributed by atoms with E-state index in [2.05, 4.69) is 5.32 Å². The van der Waals surface area contributed by atoms with Gasteiger partial charge in [0.15, 0.2) is 5.43 Å². The predicted octanol–water partition coefficient (Wildman–Crippen LogP) is 2.22. The standard InChI is InChI=1S/C16H20N2O2/c1-4-12(3)17-16(20)10-18-8-7-15(19)13-9-11(2)5-6-14(13)18/h5-9,12H,4,10H2,1-3H3,(H,17,20). The molecule has 1 N–H and O–H groups in total. The molecule has 0 saturated heterocycles. The highest BCUT2D eigenvalue weighted by atomic mass is 16.2. The Morgan fingerprint density at radius 2 is 2.10 bits per heavy atom. The van der Waals surface area contributed by atoms with E-state index in [9.17, 15) is 9.59 Å². The molecule has 4 heteroatoms. The van der Waals surface area contributed by atoms with Crippen LogP contribution < -0.4 is 10.7 Å². The number of hydrogen-bond acceptors (Lipinski definition) is 2. The minimum absolute atomic E-state index is 0.0118. The maximum atomic E-state index is 12.0. The summed E-state index contributed by atoms with van der Waals surface area (Å²) in [6, 6.07) is 7.38. The van der Waals surface area contributed by atoms with Gasteiger partial charge in [0.25, 0.3) is 0 Å².